The molecule has 1 aromatic carbocycles. The van der Waals surface area contributed by atoms with Gasteiger partial charge >= 0.3 is 5.97 Å². The smallest absolute Gasteiger partial charge is 0.344 e. The quantitative estimate of drug-likeness (QED) is 0.452. The Morgan fingerprint density at radius 3 is 2.79 bits per heavy atom. The van der Waals surface area contributed by atoms with Crippen LogP contribution in [0.2, 0.25) is 0 Å². The summed E-state index contributed by atoms with van der Waals surface area (Å²) in [5.74, 6) is -0.750. The minimum atomic E-state index is -0.667. The number of ether oxygens (including phenoxy) is 2. The number of allylic oxidation sites excluding steroid dienone is 1. The van der Waals surface area contributed by atoms with Crippen LogP contribution < -0.4 is 4.74 Å². The molecule has 0 aliphatic carbocycles. The molecule has 1 atom stereocenters. The average Bonchev–Trinajstić information content (AvgIpc) is 3.25. The average molecular weight is 496 g/mol. The molecule has 1 N–H and O–H groups in total. The molecule has 0 spiro atoms. The summed E-state index contributed by atoms with van der Waals surface area (Å²) in [6, 6.07) is 5.28. The van der Waals surface area contributed by atoms with Gasteiger partial charge in [-0.05, 0) is 53.0 Å². The first-order valence-corrected chi connectivity index (χ1v) is 11.3. The maximum absolute atomic E-state index is 12.8. The lowest BCUT2D eigenvalue weighted by atomic mass is 10.1. The highest BCUT2D eigenvalue weighted by Gasteiger charge is 2.39. The van der Waals surface area contributed by atoms with E-state index in [2.05, 4.69) is 26.1 Å². The number of aryl methyl sites for hydroxylation is 1. The number of aromatic nitrogens is 2. The molecular formula is C19H18BrN3O4S2. The number of ketones is 1. The molecule has 1 fully saturated rings. The number of hydrogen-bond acceptors (Lipinski definition) is 9. The minimum absolute atomic E-state index is 0.141. The number of rotatable bonds is 7. The van der Waals surface area contributed by atoms with Crippen LogP contribution in [-0.2, 0) is 20.7 Å². The summed E-state index contributed by atoms with van der Waals surface area (Å²) < 4.78 is 10.9. The Morgan fingerprint density at radius 2 is 2.14 bits per heavy atom. The summed E-state index contributed by atoms with van der Waals surface area (Å²) in [4.78, 5) is 24.7. The molecule has 0 saturated carbocycles. The molecule has 0 bridgehead atoms. The molecule has 1 aliphatic rings. The lowest BCUT2D eigenvalue weighted by molar-refractivity contribution is -0.145. The second-order valence-corrected chi connectivity index (χ2v) is 8.98. The van der Waals surface area contributed by atoms with Crippen molar-refractivity contribution in [3.63, 3.8) is 0 Å². The fourth-order valence-corrected chi connectivity index (χ4v) is 5.02. The van der Waals surface area contributed by atoms with Crippen molar-refractivity contribution in [3.8, 4) is 5.75 Å². The van der Waals surface area contributed by atoms with Crippen molar-refractivity contribution in [2.24, 2.45) is 0 Å². The van der Waals surface area contributed by atoms with Crippen LogP contribution in [0.1, 0.15) is 35.3 Å². The van der Waals surface area contributed by atoms with Gasteiger partial charge in [-0.1, -0.05) is 24.8 Å². The van der Waals surface area contributed by atoms with Gasteiger partial charge in [-0.25, -0.2) is 4.79 Å². The van der Waals surface area contributed by atoms with Crippen molar-refractivity contribution < 1.29 is 19.1 Å². The third-order valence-electron chi connectivity index (χ3n) is 3.92. The van der Waals surface area contributed by atoms with Crippen molar-refractivity contribution >= 4 is 61.9 Å². The van der Waals surface area contributed by atoms with Crippen molar-refractivity contribution in [1.82, 2.24) is 10.2 Å². The molecule has 1 aliphatic heterocycles. The molecule has 7 nitrogen and oxygen atoms in total. The Hall–Kier alpha value is -2.04. The number of hydrogen-bond donors (Lipinski definition) is 1. The van der Waals surface area contributed by atoms with E-state index in [1.165, 1.54) is 11.3 Å². The first-order valence-electron chi connectivity index (χ1n) is 8.85. The van der Waals surface area contributed by atoms with Gasteiger partial charge in [-0.2, -0.15) is 0 Å². The van der Waals surface area contributed by atoms with Gasteiger partial charge in [0.2, 0.25) is 0 Å². The molecular weight excluding hydrogens is 478 g/mol. The van der Waals surface area contributed by atoms with E-state index < -0.39 is 11.9 Å². The Bertz CT molecular complexity index is 990. The van der Waals surface area contributed by atoms with Crippen LogP contribution in [0.3, 0.4) is 0 Å². The minimum Gasteiger partial charge on any atom is -0.481 e. The largest absolute Gasteiger partial charge is 0.481 e. The summed E-state index contributed by atoms with van der Waals surface area (Å²) in [6.07, 6.45) is 2.49. The van der Waals surface area contributed by atoms with Crippen molar-refractivity contribution in [2.45, 2.75) is 26.2 Å². The molecule has 0 amide bonds. The lowest BCUT2D eigenvalue weighted by Crippen LogP contribution is -2.14. The molecule has 29 heavy (non-hydrogen) atoms. The molecule has 1 aromatic heterocycles. The maximum atomic E-state index is 12.8. The number of halogens is 1. The molecule has 1 saturated heterocycles. The summed E-state index contributed by atoms with van der Waals surface area (Å²) in [7, 11) is 0. The highest BCUT2D eigenvalue weighted by Crippen LogP contribution is 2.41. The molecule has 0 unspecified atom stereocenters. The van der Waals surface area contributed by atoms with Crippen LogP contribution >= 0.6 is 39.0 Å². The number of nitrogens with one attached hydrogen (secondary N) is 1. The number of benzene rings is 1. The molecule has 10 heteroatoms. The highest BCUT2D eigenvalue weighted by molar-refractivity contribution is 9.10. The number of carbonyl (C=O) groups excluding carboxylic acids is 2. The first-order chi connectivity index (χ1) is 13.9. The van der Waals surface area contributed by atoms with Crippen molar-refractivity contribution in [1.29, 1.82) is 5.41 Å². The van der Waals surface area contributed by atoms with Crippen molar-refractivity contribution in [3.05, 3.63) is 43.2 Å². The SMILES string of the molecule is CCOC(=O)COc1ccc(/C=C2\SC(=N)[C@@H](c3nnc(CC)s3)C2=O)cc1Br. The zero-order valence-electron chi connectivity index (χ0n) is 15.7. The Labute approximate surface area is 184 Å². The topological polar surface area (TPSA) is 102 Å². The normalized spacial score (nSPS) is 17.8. The number of nitrogens with zero attached hydrogens (tertiary/aromatic N) is 2. The van der Waals surface area contributed by atoms with Crippen LogP contribution in [0.15, 0.2) is 27.6 Å². The third-order valence-corrected chi connectivity index (χ3v) is 6.67. The number of thioether (sulfide) groups is 1. The molecule has 0 radical (unpaired) electrons. The summed E-state index contributed by atoms with van der Waals surface area (Å²) >= 11 is 5.93. The fraction of sp³-hybridized carbons (Fsp3) is 0.316. The van der Waals surface area contributed by atoms with Gasteiger partial charge in [0.15, 0.2) is 12.4 Å². The van der Waals surface area contributed by atoms with Crippen LogP contribution in [0.5, 0.6) is 5.75 Å². The lowest BCUT2D eigenvalue weighted by Gasteiger charge is -2.08. The van der Waals surface area contributed by atoms with Crippen LogP contribution in [0.25, 0.3) is 6.08 Å². The highest BCUT2D eigenvalue weighted by atomic mass is 79.9. The van der Waals surface area contributed by atoms with E-state index in [1.807, 2.05) is 6.92 Å². The van der Waals surface area contributed by atoms with E-state index in [0.29, 0.717) is 26.7 Å². The second-order valence-electron chi connectivity index (χ2n) is 5.94. The zero-order valence-corrected chi connectivity index (χ0v) is 18.9. The zero-order chi connectivity index (χ0) is 21.0. The Morgan fingerprint density at radius 1 is 1.34 bits per heavy atom. The van der Waals surface area contributed by atoms with Gasteiger partial charge in [0.25, 0.3) is 0 Å². The number of carbonyl (C=O) groups is 2. The van der Waals surface area contributed by atoms with E-state index >= 15 is 0 Å². The van der Waals surface area contributed by atoms with Gasteiger partial charge in [0.1, 0.15) is 21.7 Å². The van der Waals surface area contributed by atoms with E-state index in [9.17, 15) is 9.59 Å². The Balaban J connectivity index is 1.74. The van der Waals surface area contributed by atoms with E-state index in [1.54, 1.807) is 31.2 Å². The molecule has 152 valence electrons. The van der Waals surface area contributed by atoms with Crippen molar-refractivity contribution in [2.75, 3.05) is 13.2 Å². The van der Waals surface area contributed by atoms with E-state index in [4.69, 9.17) is 14.9 Å². The number of Topliss-reactive ketones (excluding diaryl/α,β-unsaturated/α-hetero) is 1. The van der Waals surface area contributed by atoms with Crippen LogP contribution in [0.4, 0.5) is 0 Å². The van der Waals surface area contributed by atoms with E-state index in [-0.39, 0.29) is 17.4 Å². The van der Waals surface area contributed by atoms with Crippen LogP contribution in [-0.4, -0.2) is 40.2 Å². The molecule has 2 heterocycles. The summed E-state index contributed by atoms with van der Waals surface area (Å²) in [5, 5.41) is 18.0. The molecule has 3 rings (SSSR count). The van der Waals surface area contributed by atoms with Gasteiger partial charge in [0, 0.05) is 0 Å². The monoisotopic (exact) mass is 495 g/mol. The Kier molecular flexibility index (Phi) is 7.20. The predicted octanol–water partition coefficient (Wildman–Crippen LogP) is 4.22. The molecule has 2 aromatic rings. The first kappa shape index (κ1) is 21.7. The maximum Gasteiger partial charge on any atom is 0.344 e. The summed E-state index contributed by atoms with van der Waals surface area (Å²) in [5.41, 5.74) is 0.774. The third kappa shape index (κ3) is 5.12. The second kappa shape index (κ2) is 9.64. The van der Waals surface area contributed by atoms with Gasteiger partial charge in [0.05, 0.1) is 21.0 Å². The van der Waals surface area contributed by atoms with Crippen LogP contribution in [0, 0.1) is 5.41 Å². The van der Waals surface area contributed by atoms with E-state index in [0.717, 1.165) is 28.8 Å². The fourth-order valence-electron chi connectivity index (χ4n) is 2.55. The number of esters is 1. The standard InChI is InChI=1S/C19H18BrN3O4S2/c1-3-14-22-23-19(29-14)16-17(25)13(28-18(16)21)8-10-5-6-12(11(20)7-10)27-9-15(24)26-4-2/h5-8,16,21H,3-4,9H2,1-2H3/b13-8-,21-18?/t16-/m0/s1. The van der Waals surface area contributed by atoms with Gasteiger partial charge < -0.3 is 9.47 Å². The van der Waals surface area contributed by atoms with Gasteiger partial charge in [-0.15, -0.1) is 21.5 Å². The predicted molar refractivity (Wildman–Crippen MR) is 117 cm³/mol. The summed E-state index contributed by atoms with van der Waals surface area (Å²) in [6.45, 7) is 3.83. The van der Waals surface area contributed by atoms with Gasteiger partial charge in [-0.3, -0.25) is 10.2 Å².